The van der Waals surface area contributed by atoms with E-state index in [1.807, 2.05) is 36.4 Å². The Hall–Kier alpha value is -4.26. The maximum Gasteiger partial charge on any atom is 0.230 e. The van der Waals surface area contributed by atoms with E-state index in [0.717, 1.165) is 72.0 Å². The average Bonchev–Trinajstić information content (AvgIpc) is 3.51. The molecule has 8 nitrogen and oxygen atoms in total. The van der Waals surface area contributed by atoms with Crippen LogP contribution < -0.4 is 20.7 Å². The van der Waals surface area contributed by atoms with E-state index < -0.39 is 5.82 Å². The summed E-state index contributed by atoms with van der Waals surface area (Å²) in [6.45, 7) is 7.41. The lowest BCUT2D eigenvalue weighted by Crippen LogP contribution is -2.46. The van der Waals surface area contributed by atoms with E-state index in [9.17, 15) is 4.79 Å². The molecule has 0 spiro atoms. The number of nitrogens with zero attached hydrogens (tertiary/aromatic N) is 3. The number of nitrogens with one attached hydrogen (secondary N) is 3. The molecule has 3 N–H and O–H groups in total. The van der Waals surface area contributed by atoms with Gasteiger partial charge in [0.05, 0.1) is 16.6 Å². The van der Waals surface area contributed by atoms with Crippen molar-refractivity contribution in [1.82, 2.24) is 25.4 Å². The molecule has 47 heavy (non-hydrogen) atoms. The lowest BCUT2D eigenvalue weighted by Gasteiger charge is -2.32. The summed E-state index contributed by atoms with van der Waals surface area (Å²) in [6, 6.07) is 26.2. The van der Waals surface area contributed by atoms with Crippen molar-refractivity contribution in [2.24, 2.45) is 0 Å². The van der Waals surface area contributed by atoms with E-state index in [-0.39, 0.29) is 23.2 Å². The Balaban J connectivity index is 1.04. The zero-order chi connectivity index (χ0) is 32.6. The Morgan fingerprint density at radius 3 is 2.51 bits per heavy atom. The average molecular weight is 669 g/mol. The molecule has 2 aromatic heterocycles. The number of anilines is 1. The number of hydrogen-bond donors (Lipinski definition) is 3. The predicted octanol–water partition coefficient (Wildman–Crippen LogP) is 6.29. The van der Waals surface area contributed by atoms with Crippen LogP contribution in [0.1, 0.15) is 11.1 Å². The van der Waals surface area contributed by atoms with E-state index in [1.165, 1.54) is 17.7 Å². The molecule has 0 atom stereocenters. The highest BCUT2D eigenvalue weighted by molar-refractivity contribution is 7.80. The Kier molecular flexibility index (Phi) is 10.8. The molecule has 0 unspecified atom stereocenters. The molecule has 3 heterocycles. The standard InChI is InChI=1S/C36H37FN6O2S2/c1-42-17-19-43(20-18-42)16-15-38-24-26-7-9-27(10-8-26)33-23-30-35(47-33)32(13-14-39-30)45-31-12-11-28(22-29(31)37)40-36(46)41-34(44)21-25-5-3-2-4-6-25/h2-14,22-23,38H,15-21,24H2,1H3,(H2,40,41,44,46). The second-order valence-corrected chi connectivity index (χ2v) is 13.0. The second-order valence-electron chi connectivity index (χ2n) is 11.6. The number of thiocarbonyl (C=S) groups is 1. The summed E-state index contributed by atoms with van der Waals surface area (Å²) < 4.78 is 22.0. The molecule has 1 amide bonds. The minimum absolute atomic E-state index is 0.0708. The molecular formula is C36H37FN6O2S2. The fourth-order valence-corrected chi connectivity index (χ4v) is 6.66. The number of likely N-dealkylation sites (N-methyl/N-ethyl adjacent to an activating group) is 1. The van der Waals surface area contributed by atoms with Gasteiger partial charge >= 0.3 is 0 Å². The van der Waals surface area contributed by atoms with E-state index >= 15 is 4.39 Å². The van der Waals surface area contributed by atoms with Gasteiger partial charge in [0.2, 0.25) is 5.91 Å². The van der Waals surface area contributed by atoms with Crippen molar-refractivity contribution in [3.63, 3.8) is 0 Å². The molecule has 5 aromatic rings. The van der Waals surface area contributed by atoms with Crippen LogP contribution in [-0.2, 0) is 17.8 Å². The maximum absolute atomic E-state index is 15.1. The lowest BCUT2D eigenvalue weighted by atomic mass is 10.1. The summed E-state index contributed by atoms with van der Waals surface area (Å²) in [7, 11) is 2.18. The van der Waals surface area contributed by atoms with Crippen molar-refractivity contribution in [3.8, 4) is 21.9 Å². The van der Waals surface area contributed by atoms with Gasteiger partial charge in [-0.25, -0.2) is 4.39 Å². The van der Waals surface area contributed by atoms with Gasteiger partial charge in [0.25, 0.3) is 0 Å². The molecule has 6 rings (SSSR count). The smallest absolute Gasteiger partial charge is 0.230 e. The highest BCUT2D eigenvalue weighted by Gasteiger charge is 2.15. The van der Waals surface area contributed by atoms with Crippen LogP contribution in [0.25, 0.3) is 20.7 Å². The first kappa shape index (κ1) is 32.7. The Labute approximate surface area is 283 Å². The first-order chi connectivity index (χ1) is 22.9. The largest absolute Gasteiger partial charge is 0.453 e. The third-order valence-corrected chi connectivity index (χ3v) is 9.41. The summed E-state index contributed by atoms with van der Waals surface area (Å²) in [6.07, 6.45) is 1.85. The minimum Gasteiger partial charge on any atom is -0.453 e. The van der Waals surface area contributed by atoms with Crippen molar-refractivity contribution in [1.29, 1.82) is 0 Å². The molecular weight excluding hydrogens is 632 g/mol. The number of aromatic nitrogens is 1. The van der Waals surface area contributed by atoms with Crippen molar-refractivity contribution in [3.05, 3.63) is 108 Å². The van der Waals surface area contributed by atoms with E-state index in [1.54, 1.807) is 29.7 Å². The number of piperazine rings is 1. The number of amides is 1. The molecule has 1 aliphatic heterocycles. The monoisotopic (exact) mass is 668 g/mol. The number of carbonyl (C=O) groups is 1. The minimum atomic E-state index is -0.567. The van der Waals surface area contributed by atoms with Crippen LogP contribution in [0.5, 0.6) is 11.5 Å². The molecule has 1 aliphatic rings. The van der Waals surface area contributed by atoms with Gasteiger partial charge in [-0.05, 0) is 54.2 Å². The van der Waals surface area contributed by atoms with Crippen LogP contribution in [-0.4, -0.2) is 72.1 Å². The second kappa shape index (κ2) is 15.6. The third kappa shape index (κ3) is 8.97. The van der Waals surface area contributed by atoms with Crippen LogP contribution in [0.15, 0.2) is 91.1 Å². The first-order valence-electron chi connectivity index (χ1n) is 15.6. The van der Waals surface area contributed by atoms with E-state index in [4.69, 9.17) is 17.0 Å². The highest BCUT2D eigenvalue weighted by Crippen LogP contribution is 2.39. The van der Waals surface area contributed by atoms with Gasteiger partial charge in [0.15, 0.2) is 16.7 Å². The van der Waals surface area contributed by atoms with E-state index in [2.05, 4.69) is 62.0 Å². The number of pyridine rings is 1. The molecule has 242 valence electrons. The number of carbonyl (C=O) groups excluding carboxylic acids is 1. The number of benzene rings is 3. The van der Waals surface area contributed by atoms with Crippen LogP contribution in [0, 0.1) is 5.82 Å². The molecule has 0 bridgehead atoms. The summed E-state index contributed by atoms with van der Waals surface area (Å²) in [5.74, 6) is -0.230. The topological polar surface area (TPSA) is 81.8 Å². The molecule has 1 fully saturated rings. The zero-order valence-electron chi connectivity index (χ0n) is 26.2. The number of thiophene rings is 1. The van der Waals surface area contributed by atoms with Gasteiger partial charge in [0.1, 0.15) is 5.75 Å². The van der Waals surface area contributed by atoms with Crippen LogP contribution in [0.2, 0.25) is 0 Å². The number of rotatable bonds is 11. The fourth-order valence-electron chi connectivity index (χ4n) is 5.36. The number of halogens is 1. The number of fused-ring (bicyclic) bond motifs is 1. The van der Waals surface area contributed by atoms with Gasteiger partial charge in [-0.15, -0.1) is 11.3 Å². The first-order valence-corrected chi connectivity index (χ1v) is 16.8. The lowest BCUT2D eigenvalue weighted by molar-refractivity contribution is -0.119. The van der Waals surface area contributed by atoms with E-state index in [0.29, 0.717) is 11.4 Å². The van der Waals surface area contributed by atoms with Crippen LogP contribution in [0.3, 0.4) is 0 Å². The molecule has 3 aromatic carbocycles. The third-order valence-electron chi connectivity index (χ3n) is 8.01. The summed E-state index contributed by atoms with van der Waals surface area (Å²) in [4.78, 5) is 22.8. The number of hydrogen-bond acceptors (Lipinski definition) is 8. The van der Waals surface area contributed by atoms with Crippen molar-refractivity contribution < 1.29 is 13.9 Å². The van der Waals surface area contributed by atoms with Crippen LogP contribution >= 0.6 is 23.6 Å². The normalized spacial score (nSPS) is 13.8. The van der Waals surface area contributed by atoms with Crippen LogP contribution in [0.4, 0.5) is 10.1 Å². The van der Waals surface area contributed by atoms with Crippen molar-refractivity contribution in [2.45, 2.75) is 13.0 Å². The molecule has 0 radical (unpaired) electrons. The van der Waals surface area contributed by atoms with Gasteiger partial charge in [0, 0.05) is 74.7 Å². The Morgan fingerprint density at radius 2 is 1.74 bits per heavy atom. The SMILES string of the molecule is CN1CCN(CCNCc2ccc(-c3cc4nccc(Oc5ccc(NC(=S)NC(=O)Cc6ccccc6)cc5F)c4s3)cc2)CC1. The summed E-state index contributed by atoms with van der Waals surface area (Å²) >= 11 is 6.81. The summed E-state index contributed by atoms with van der Waals surface area (Å²) in [5.41, 5.74) is 4.38. The Bertz CT molecular complexity index is 1830. The molecule has 11 heteroatoms. The molecule has 0 saturated carbocycles. The molecule has 1 saturated heterocycles. The fraction of sp³-hybridized carbons (Fsp3) is 0.250. The zero-order valence-corrected chi connectivity index (χ0v) is 27.8. The molecule has 0 aliphatic carbocycles. The highest BCUT2D eigenvalue weighted by atomic mass is 32.1. The summed E-state index contributed by atoms with van der Waals surface area (Å²) in [5, 5.41) is 9.15. The Morgan fingerprint density at radius 1 is 0.957 bits per heavy atom. The van der Waals surface area contributed by atoms with Crippen molar-refractivity contribution in [2.75, 3.05) is 51.6 Å². The maximum atomic E-state index is 15.1. The predicted molar refractivity (Wildman–Crippen MR) is 192 cm³/mol. The van der Waals surface area contributed by atoms with Gasteiger partial charge in [-0.2, -0.15) is 0 Å². The van der Waals surface area contributed by atoms with Gasteiger partial charge in [-0.1, -0.05) is 54.6 Å². The van der Waals surface area contributed by atoms with Crippen molar-refractivity contribution >= 4 is 50.5 Å². The quantitative estimate of drug-likeness (QED) is 0.112. The van der Waals surface area contributed by atoms with Gasteiger partial charge < -0.3 is 25.6 Å². The number of ether oxygens (including phenoxy) is 1. The van der Waals surface area contributed by atoms with Gasteiger partial charge in [-0.3, -0.25) is 14.7 Å².